The monoisotopic (exact) mass is 251 g/mol. The average molecular weight is 251 g/mol. The van der Waals surface area contributed by atoms with Crippen molar-refractivity contribution >= 4 is 5.97 Å². The smallest absolute Gasteiger partial charge is 0.335 e. The number of nitrogens with two attached hydrogens (primary N) is 1. The van der Waals surface area contributed by atoms with Gasteiger partial charge in [-0.15, -0.1) is 0 Å². The Morgan fingerprint density at radius 3 is 2.39 bits per heavy atom. The first kappa shape index (κ1) is 14.7. The van der Waals surface area contributed by atoms with Gasteiger partial charge >= 0.3 is 5.97 Å². The molecule has 18 heavy (non-hydrogen) atoms. The number of hydrogen-bond acceptors (Lipinski definition) is 4. The van der Waals surface area contributed by atoms with E-state index in [1.165, 1.54) is 0 Å². The zero-order chi connectivity index (χ0) is 13.8. The van der Waals surface area contributed by atoms with Crippen LogP contribution >= 0.6 is 0 Å². The molecule has 4 heteroatoms. The van der Waals surface area contributed by atoms with E-state index in [0.717, 1.165) is 5.56 Å². The molecule has 2 atom stereocenters. The predicted octanol–water partition coefficient (Wildman–Crippen LogP) is 1.78. The van der Waals surface area contributed by atoms with E-state index in [4.69, 9.17) is 10.5 Å². The summed E-state index contributed by atoms with van der Waals surface area (Å²) in [6.07, 6.45) is -1.04. The topological polar surface area (TPSA) is 72.5 Å². The zero-order valence-corrected chi connectivity index (χ0v) is 11.1. The van der Waals surface area contributed by atoms with Crippen LogP contribution in [0.25, 0.3) is 0 Å². The Morgan fingerprint density at radius 2 is 1.89 bits per heavy atom. The van der Waals surface area contributed by atoms with Crippen LogP contribution in [-0.2, 0) is 9.53 Å². The Kier molecular flexibility index (Phi) is 4.87. The molecule has 0 aliphatic carbocycles. The quantitative estimate of drug-likeness (QED) is 0.800. The minimum Gasteiger partial charge on any atom is -0.458 e. The second-order valence-electron chi connectivity index (χ2n) is 5.30. The van der Waals surface area contributed by atoms with Crippen molar-refractivity contribution in [3.8, 4) is 0 Å². The van der Waals surface area contributed by atoms with Crippen molar-refractivity contribution in [3.05, 3.63) is 35.9 Å². The van der Waals surface area contributed by atoms with Crippen molar-refractivity contribution in [1.82, 2.24) is 0 Å². The normalized spacial score (nSPS) is 14.9. The summed E-state index contributed by atoms with van der Waals surface area (Å²) in [6.45, 7) is 5.28. The van der Waals surface area contributed by atoms with Crippen molar-refractivity contribution < 1.29 is 14.6 Å². The van der Waals surface area contributed by atoms with E-state index in [0.29, 0.717) is 0 Å². The van der Waals surface area contributed by atoms with Gasteiger partial charge in [-0.05, 0) is 26.3 Å². The number of aliphatic hydroxyl groups is 1. The lowest BCUT2D eigenvalue weighted by Gasteiger charge is -2.23. The number of aliphatic hydroxyl groups excluding tert-OH is 1. The third kappa shape index (κ3) is 4.85. The van der Waals surface area contributed by atoms with Gasteiger partial charge in [-0.2, -0.15) is 0 Å². The summed E-state index contributed by atoms with van der Waals surface area (Å²) in [6, 6.07) is 8.98. The van der Waals surface area contributed by atoms with Crippen LogP contribution in [0, 0.1) is 0 Å². The van der Waals surface area contributed by atoms with Gasteiger partial charge in [0.1, 0.15) is 5.60 Å². The first-order chi connectivity index (χ1) is 8.29. The fourth-order valence-electron chi connectivity index (χ4n) is 1.54. The molecule has 0 spiro atoms. The van der Waals surface area contributed by atoms with Gasteiger partial charge in [0.05, 0.1) is 0 Å². The lowest BCUT2D eigenvalue weighted by atomic mass is 10.0. The number of carbonyl (C=O) groups is 1. The van der Waals surface area contributed by atoms with Crippen LogP contribution in [0.1, 0.15) is 38.8 Å². The van der Waals surface area contributed by atoms with Gasteiger partial charge in [-0.1, -0.05) is 30.3 Å². The zero-order valence-electron chi connectivity index (χ0n) is 11.1. The highest BCUT2D eigenvalue weighted by molar-refractivity contribution is 5.74. The fraction of sp³-hybridized carbons (Fsp3) is 0.500. The van der Waals surface area contributed by atoms with Crippen LogP contribution in [0.15, 0.2) is 30.3 Å². The molecule has 100 valence electrons. The molecule has 0 radical (unpaired) electrons. The van der Waals surface area contributed by atoms with Gasteiger partial charge in [-0.3, -0.25) is 0 Å². The minimum absolute atomic E-state index is 0.152. The third-order valence-electron chi connectivity index (χ3n) is 2.38. The molecule has 3 N–H and O–H groups in total. The van der Waals surface area contributed by atoms with Gasteiger partial charge in [0.15, 0.2) is 6.10 Å². The lowest BCUT2D eigenvalue weighted by Crippen LogP contribution is -2.33. The molecule has 0 aliphatic heterocycles. The maximum Gasteiger partial charge on any atom is 0.335 e. The summed E-state index contributed by atoms with van der Waals surface area (Å²) in [7, 11) is 0. The molecular weight excluding hydrogens is 230 g/mol. The highest BCUT2D eigenvalue weighted by Crippen LogP contribution is 2.17. The van der Waals surface area contributed by atoms with Crippen molar-refractivity contribution in [2.24, 2.45) is 5.73 Å². The summed E-state index contributed by atoms with van der Waals surface area (Å²) in [5.41, 5.74) is 6.22. The largest absolute Gasteiger partial charge is 0.458 e. The van der Waals surface area contributed by atoms with Crippen LogP contribution < -0.4 is 5.73 Å². The molecule has 2 unspecified atom stereocenters. The van der Waals surface area contributed by atoms with Crippen LogP contribution in [0.5, 0.6) is 0 Å². The molecule has 0 amide bonds. The van der Waals surface area contributed by atoms with Crippen molar-refractivity contribution in [2.45, 2.75) is 44.9 Å². The van der Waals surface area contributed by atoms with Gasteiger partial charge < -0.3 is 15.6 Å². The van der Waals surface area contributed by atoms with Crippen molar-refractivity contribution in [1.29, 1.82) is 0 Å². The van der Waals surface area contributed by atoms with E-state index in [-0.39, 0.29) is 12.5 Å². The number of hydrogen-bond donors (Lipinski definition) is 2. The van der Waals surface area contributed by atoms with E-state index in [9.17, 15) is 9.90 Å². The van der Waals surface area contributed by atoms with Gasteiger partial charge in [0, 0.05) is 12.5 Å². The SMILES string of the molecule is CC(C)(C)OC(=O)C(O)CC(N)c1ccccc1. The summed E-state index contributed by atoms with van der Waals surface area (Å²) < 4.78 is 5.09. The third-order valence-corrected chi connectivity index (χ3v) is 2.38. The highest BCUT2D eigenvalue weighted by atomic mass is 16.6. The molecule has 0 saturated heterocycles. The van der Waals surface area contributed by atoms with Crippen LogP contribution in [0.3, 0.4) is 0 Å². The van der Waals surface area contributed by atoms with E-state index in [1.807, 2.05) is 30.3 Å². The molecule has 0 bridgehead atoms. The second kappa shape index (κ2) is 5.98. The Bertz CT molecular complexity index is 384. The molecule has 0 aliphatic rings. The number of carbonyl (C=O) groups excluding carboxylic acids is 1. The van der Waals surface area contributed by atoms with E-state index in [1.54, 1.807) is 20.8 Å². The van der Waals surface area contributed by atoms with Gasteiger partial charge in [-0.25, -0.2) is 4.79 Å². The standard InChI is InChI=1S/C14H21NO3/c1-14(2,3)18-13(17)12(16)9-11(15)10-7-5-4-6-8-10/h4-8,11-12,16H,9,15H2,1-3H3. The fourth-order valence-corrected chi connectivity index (χ4v) is 1.54. The Labute approximate surface area is 108 Å². The lowest BCUT2D eigenvalue weighted by molar-refractivity contribution is -0.165. The maximum absolute atomic E-state index is 11.6. The molecule has 0 fully saturated rings. The molecule has 0 aromatic heterocycles. The van der Waals surface area contributed by atoms with Crippen molar-refractivity contribution in [2.75, 3.05) is 0 Å². The molecular formula is C14H21NO3. The molecule has 1 aromatic carbocycles. The van der Waals surface area contributed by atoms with Crippen molar-refractivity contribution in [3.63, 3.8) is 0 Å². The highest BCUT2D eigenvalue weighted by Gasteiger charge is 2.25. The molecule has 1 aromatic rings. The number of rotatable bonds is 4. The summed E-state index contributed by atoms with van der Waals surface area (Å²) in [4.78, 5) is 11.6. The predicted molar refractivity (Wildman–Crippen MR) is 69.8 cm³/mol. The van der Waals surface area contributed by atoms with E-state index >= 15 is 0 Å². The first-order valence-electron chi connectivity index (χ1n) is 6.01. The molecule has 4 nitrogen and oxygen atoms in total. The van der Waals surface area contributed by atoms with Crippen LogP contribution in [0.4, 0.5) is 0 Å². The number of ether oxygens (including phenoxy) is 1. The van der Waals surface area contributed by atoms with E-state index in [2.05, 4.69) is 0 Å². The maximum atomic E-state index is 11.6. The minimum atomic E-state index is -1.19. The van der Waals surface area contributed by atoms with Gasteiger partial charge in [0.2, 0.25) is 0 Å². The molecule has 1 rings (SSSR count). The Balaban J connectivity index is 2.55. The Hall–Kier alpha value is -1.39. The van der Waals surface area contributed by atoms with Crippen LogP contribution in [0.2, 0.25) is 0 Å². The summed E-state index contributed by atoms with van der Waals surface area (Å²) >= 11 is 0. The van der Waals surface area contributed by atoms with E-state index < -0.39 is 17.7 Å². The summed E-state index contributed by atoms with van der Waals surface area (Å²) in [5.74, 6) is -0.631. The summed E-state index contributed by atoms with van der Waals surface area (Å²) in [5, 5.41) is 9.76. The van der Waals surface area contributed by atoms with Crippen LogP contribution in [-0.4, -0.2) is 22.8 Å². The second-order valence-corrected chi connectivity index (χ2v) is 5.30. The Morgan fingerprint density at radius 1 is 1.33 bits per heavy atom. The van der Waals surface area contributed by atoms with Gasteiger partial charge in [0.25, 0.3) is 0 Å². The number of benzene rings is 1. The number of esters is 1. The molecule has 0 heterocycles. The average Bonchev–Trinajstić information content (AvgIpc) is 2.27. The molecule has 0 saturated carbocycles. The first-order valence-corrected chi connectivity index (χ1v) is 6.01.